The SMILES string of the molecule is Cc1cc(-c2nc(C3(c4ccc(F)cc4)CCOC3)no2)c(=O)[nH]c1C. The van der Waals surface area contributed by atoms with E-state index in [1.54, 1.807) is 18.2 Å². The summed E-state index contributed by atoms with van der Waals surface area (Å²) < 4.78 is 24.3. The van der Waals surface area contributed by atoms with Crippen molar-refractivity contribution in [1.82, 2.24) is 15.1 Å². The summed E-state index contributed by atoms with van der Waals surface area (Å²) in [6.07, 6.45) is 0.654. The van der Waals surface area contributed by atoms with E-state index in [0.717, 1.165) is 16.8 Å². The van der Waals surface area contributed by atoms with E-state index in [-0.39, 0.29) is 17.3 Å². The molecule has 7 heteroatoms. The molecule has 1 aromatic carbocycles. The topological polar surface area (TPSA) is 81.0 Å². The molecule has 1 fully saturated rings. The van der Waals surface area contributed by atoms with Crippen LogP contribution in [0.1, 0.15) is 29.1 Å². The maximum absolute atomic E-state index is 13.3. The molecule has 1 atom stereocenters. The lowest BCUT2D eigenvalue weighted by atomic mass is 9.79. The maximum atomic E-state index is 13.3. The van der Waals surface area contributed by atoms with Gasteiger partial charge in [-0.05, 0) is 49.6 Å². The minimum absolute atomic E-state index is 0.165. The Hall–Kier alpha value is -2.80. The minimum atomic E-state index is -0.609. The van der Waals surface area contributed by atoms with Gasteiger partial charge in [-0.15, -0.1) is 0 Å². The Balaban J connectivity index is 1.80. The highest BCUT2D eigenvalue weighted by molar-refractivity contribution is 5.53. The molecule has 3 aromatic rings. The van der Waals surface area contributed by atoms with Crippen molar-refractivity contribution < 1.29 is 13.7 Å². The molecule has 1 saturated heterocycles. The van der Waals surface area contributed by atoms with Crippen molar-refractivity contribution in [1.29, 1.82) is 0 Å². The number of hydrogen-bond acceptors (Lipinski definition) is 5. The predicted octanol–water partition coefficient (Wildman–Crippen LogP) is 2.89. The molecule has 1 aliphatic rings. The zero-order valence-electron chi connectivity index (χ0n) is 14.5. The van der Waals surface area contributed by atoms with Gasteiger partial charge >= 0.3 is 0 Å². The molecule has 0 aliphatic carbocycles. The van der Waals surface area contributed by atoms with Gasteiger partial charge in [0, 0.05) is 12.3 Å². The molecule has 2 aromatic heterocycles. The van der Waals surface area contributed by atoms with E-state index >= 15 is 0 Å². The van der Waals surface area contributed by atoms with Crippen LogP contribution in [0.5, 0.6) is 0 Å². The monoisotopic (exact) mass is 355 g/mol. The van der Waals surface area contributed by atoms with Crippen molar-refractivity contribution in [2.75, 3.05) is 13.2 Å². The first-order valence-corrected chi connectivity index (χ1v) is 8.38. The number of halogens is 1. The second kappa shape index (κ2) is 6.17. The largest absolute Gasteiger partial charge is 0.380 e. The van der Waals surface area contributed by atoms with Gasteiger partial charge in [0.15, 0.2) is 5.82 Å². The number of nitrogens with one attached hydrogen (secondary N) is 1. The summed E-state index contributed by atoms with van der Waals surface area (Å²) in [5.74, 6) is 0.297. The van der Waals surface area contributed by atoms with E-state index in [2.05, 4.69) is 15.1 Å². The van der Waals surface area contributed by atoms with Crippen molar-refractivity contribution in [3.05, 3.63) is 69.1 Å². The summed E-state index contributed by atoms with van der Waals surface area (Å²) in [4.78, 5) is 19.5. The molecule has 134 valence electrons. The number of ether oxygens (including phenoxy) is 1. The van der Waals surface area contributed by atoms with Gasteiger partial charge in [-0.3, -0.25) is 4.79 Å². The summed E-state index contributed by atoms with van der Waals surface area (Å²) >= 11 is 0. The number of aromatic nitrogens is 3. The summed E-state index contributed by atoms with van der Waals surface area (Å²) in [5.41, 5.74) is 2.03. The summed E-state index contributed by atoms with van der Waals surface area (Å²) in [5, 5.41) is 4.13. The highest BCUT2D eigenvalue weighted by atomic mass is 19.1. The summed E-state index contributed by atoms with van der Waals surface area (Å²) in [7, 11) is 0. The van der Waals surface area contributed by atoms with Gasteiger partial charge < -0.3 is 14.2 Å². The van der Waals surface area contributed by atoms with Crippen LogP contribution < -0.4 is 5.56 Å². The number of hydrogen-bond donors (Lipinski definition) is 1. The first-order valence-electron chi connectivity index (χ1n) is 8.38. The lowest BCUT2D eigenvalue weighted by Gasteiger charge is -2.23. The standard InChI is InChI=1S/C19H18FN3O3/c1-11-9-15(16(24)21-12(11)2)17-22-18(23-26-17)19(7-8-25-10-19)13-3-5-14(20)6-4-13/h3-6,9H,7-8,10H2,1-2H3,(H,21,24). The van der Waals surface area contributed by atoms with Crippen molar-refractivity contribution in [2.45, 2.75) is 25.7 Å². The number of pyridine rings is 1. The Morgan fingerprint density at radius 1 is 1.23 bits per heavy atom. The molecule has 3 heterocycles. The van der Waals surface area contributed by atoms with Gasteiger partial charge in [0.1, 0.15) is 11.4 Å². The maximum Gasteiger partial charge on any atom is 0.263 e. The average Bonchev–Trinajstić information content (AvgIpc) is 3.29. The van der Waals surface area contributed by atoms with Gasteiger partial charge in [-0.1, -0.05) is 17.3 Å². The second-order valence-corrected chi connectivity index (χ2v) is 6.63. The fraction of sp³-hybridized carbons (Fsp3) is 0.316. The van der Waals surface area contributed by atoms with Crippen molar-refractivity contribution >= 4 is 0 Å². The van der Waals surface area contributed by atoms with Crippen LogP contribution in [-0.2, 0) is 10.2 Å². The van der Waals surface area contributed by atoms with Gasteiger partial charge in [-0.25, -0.2) is 4.39 Å². The Kier molecular flexibility index (Phi) is 3.96. The van der Waals surface area contributed by atoms with Gasteiger partial charge in [0.05, 0.1) is 12.0 Å². The lowest BCUT2D eigenvalue weighted by molar-refractivity contribution is 0.182. The second-order valence-electron chi connectivity index (χ2n) is 6.63. The summed E-state index contributed by atoms with van der Waals surface area (Å²) in [6, 6.07) is 7.97. The van der Waals surface area contributed by atoms with Crippen LogP contribution in [-0.4, -0.2) is 28.3 Å². The van der Waals surface area contributed by atoms with E-state index in [9.17, 15) is 9.18 Å². The van der Waals surface area contributed by atoms with Gasteiger partial charge in [0.2, 0.25) is 0 Å². The lowest BCUT2D eigenvalue weighted by Crippen LogP contribution is -2.29. The van der Waals surface area contributed by atoms with E-state index in [0.29, 0.717) is 31.0 Å². The fourth-order valence-electron chi connectivity index (χ4n) is 3.28. The molecule has 26 heavy (non-hydrogen) atoms. The van der Waals surface area contributed by atoms with E-state index in [4.69, 9.17) is 9.26 Å². The fourth-order valence-corrected chi connectivity index (χ4v) is 3.28. The molecule has 1 unspecified atom stereocenters. The first-order chi connectivity index (χ1) is 12.5. The van der Waals surface area contributed by atoms with E-state index in [1.807, 2.05) is 13.8 Å². The predicted molar refractivity (Wildman–Crippen MR) is 92.4 cm³/mol. The molecule has 0 amide bonds. The Morgan fingerprint density at radius 3 is 2.69 bits per heavy atom. The molecule has 0 bridgehead atoms. The van der Waals surface area contributed by atoms with E-state index in [1.165, 1.54) is 12.1 Å². The van der Waals surface area contributed by atoms with Crippen LogP contribution in [0.4, 0.5) is 4.39 Å². The number of aryl methyl sites for hydroxylation is 2. The van der Waals surface area contributed by atoms with Crippen molar-refractivity contribution in [3.8, 4) is 11.5 Å². The first kappa shape index (κ1) is 16.7. The van der Waals surface area contributed by atoms with Crippen LogP contribution in [0.2, 0.25) is 0 Å². The van der Waals surface area contributed by atoms with Crippen LogP contribution in [0.15, 0.2) is 39.6 Å². The zero-order valence-corrected chi connectivity index (χ0v) is 14.5. The Bertz CT molecular complexity index is 1000. The van der Waals surface area contributed by atoms with Crippen LogP contribution in [0.3, 0.4) is 0 Å². The molecule has 0 spiro atoms. The molecular formula is C19H18FN3O3. The number of aromatic amines is 1. The molecule has 6 nitrogen and oxygen atoms in total. The molecule has 0 saturated carbocycles. The molecule has 4 rings (SSSR count). The Labute approximate surface area is 149 Å². The zero-order chi connectivity index (χ0) is 18.3. The molecular weight excluding hydrogens is 337 g/mol. The molecule has 0 radical (unpaired) electrons. The van der Waals surface area contributed by atoms with Crippen LogP contribution in [0.25, 0.3) is 11.5 Å². The highest BCUT2D eigenvalue weighted by Crippen LogP contribution is 2.38. The quantitative estimate of drug-likeness (QED) is 0.781. The number of rotatable bonds is 3. The summed E-state index contributed by atoms with van der Waals surface area (Å²) in [6.45, 7) is 4.66. The third kappa shape index (κ3) is 2.64. The van der Waals surface area contributed by atoms with Crippen molar-refractivity contribution in [2.24, 2.45) is 0 Å². The van der Waals surface area contributed by atoms with Gasteiger partial charge in [0.25, 0.3) is 11.4 Å². The van der Waals surface area contributed by atoms with Crippen molar-refractivity contribution in [3.63, 3.8) is 0 Å². The third-order valence-electron chi connectivity index (χ3n) is 5.00. The number of nitrogens with zero attached hydrogens (tertiary/aromatic N) is 2. The highest BCUT2D eigenvalue weighted by Gasteiger charge is 2.43. The normalized spacial score (nSPS) is 19.8. The van der Waals surface area contributed by atoms with Crippen LogP contribution >= 0.6 is 0 Å². The smallest absolute Gasteiger partial charge is 0.263 e. The van der Waals surface area contributed by atoms with Gasteiger partial charge in [-0.2, -0.15) is 4.98 Å². The molecule has 1 aliphatic heterocycles. The van der Waals surface area contributed by atoms with E-state index < -0.39 is 5.41 Å². The van der Waals surface area contributed by atoms with Crippen LogP contribution in [0, 0.1) is 19.7 Å². The molecule has 1 N–H and O–H groups in total. The minimum Gasteiger partial charge on any atom is -0.380 e. The number of benzene rings is 1. The third-order valence-corrected chi connectivity index (χ3v) is 5.00. The Morgan fingerprint density at radius 2 is 2.00 bits per heavy atom. The average molecular weight is 355 g/mol. The number of H-pyrrole nitrogens is 1.